The zero-order chi connectivity index (χ0) is 23.6. The van der Waals surface area contributed by atoms with Gasteiger partial charge in [0.05, 0.1) is 18.3 Å². The van der Waals surface area contributed by atoms with Crippen molar-refractivity contribution < 1.29 is 9.47 Å². The number of aromatic nitrogens is 6. The molecule has 10 nitrogen and oxygen atoms in total. The Labute approximate surface area is 201 Å². The Hall–Kier alpha value is -4.31. The monoisotopic (exact) mass is 468 g/mol. The Kier molecular flexibility index (Phi) is 5.55. The summed E-state index contributed by atoms with van der Waals surface area (Å²) in [5, 5.41) is 21.0. The van der Waals surface area contributed by atoms with E-state index in [1.165, 1.54) is 0 Å². The highest BCUT2D eigenvalue weighted by Gasteiger charge is 2.15. The number of hydrogen-bond donors (Lipinski definition) is 2. The number of hydrogen-bond acceptors (Lipinski definition) is 9. The largest absolute Gasteiger partial charge is 0.497 e. The van der Waals surface area contributed by atoms with Crippen LogP contribution in [0.5, 0.6) is 11.5 Å². The number of pyridine rings is 2. The SMILES string of the molecule is COc1ccc2c(OCc3nnc4ccc(-c5ccc(NC6CCNC6)nc5)nn34)ccnc2c1. The summed E-state index contributed by atoms with van der Waals surface area (Å²) in [5.41, 5.74) is 3.14. The fraction of sp³-hybridized carbons (Fsp3) is 0.240. The number of anilines is 1. The Morgan fingerprint density at radius 2 is 2.06 bits per heavy atom. The first-order chi connectivity index (χ1) is 17.3. The standard InChI is InChI=1S/C25H24N8O2/c1-34-18-3-4-19-21(12-18)27-11-9-22(19)35-15-25-31-30-24-7-5-20(32-33(24)25)16-2-6-23(28-13-16)29-17-8-10-26-14-17/h2-7,9,11-13,17,26H,8,10,14-15H2,1H3,(H,28,29). The van der Waals surface area contributed by atoms with E-state index in [2.05, 4.69) is 30.8 Å². The van der Waals surface area contributed by atoms with Gasteiger partial charge in [-0.05, 0) is 55.4 Å². The molecule has 1 atom stereocenters. The summed E-state index contributed by atoms with van der Waals surface area (Å²) < 4.78 is 13.1. The van der Waals surface area contributed by atoms with Gasteiger partial charge in [0.1, 0.15) is 23.9 Å². The van der Waals surface area contributed by atoms with Gasteiger partial charge >= 0.3 is 0 Å². The van der Waals surface area contributed by atoms with Crippen molar-refractivity contribution in [3.8, 4) is 22.8 Å². The van der Waals surface area contributed by atoms with Crippen LogP contribution in [-0.2, 0) is 6.61 Å². The molecule has 6 rings (SSSR count). The molecule has 1 unspecified atom stereocenters. The summed E-state index contributed by atoms with van der Waals surface area (Å²) >= 11 is 0. The molecule has 35 heavy (non-hydrogen) atoms. The van der Waals surface area contributed by atoms with Crippen molar-refractivity contribution in [2.45, 2.75) is 19.1 Å². The average molecular weight is 469 g/mol. The van der Waals surface area contributed by atoms with E-state index >= 15 is 0 Å². The van der Waals surface area contributed by atoms with Crippen LogP contribution in [0.15, 0.2) is 60.9 Å². The second kappa shape index (κ2) is 9.15. The van der Waals surface area contributed by atoms with Gasteiger partial charge in [-0.25, -0.2) is 4.98 Å². The van der Waals surface area contributed by atoms with E-state index in [1.807, 2.05) is 54.7 Å². The molecule has 5 heterocycles. The number of fused-ring (bicyclic) bond motifs is 2. The third kappa shape index (κ3) is 4.31. The number of nitrogens with zero attached hydrogens (tertiary/aromatic N) is 6. The second-order valence-electron chi connectivity index (χ2n) is 8.35. The molecule has 176 valence electrons. The summed E-state index contributed by atoms with van der Waals surface area (Å²) in [4.78, 5) is 8.97. The first kappa shape index (κ1) is 21.2. The Balaban J connectivity index is 1.22. The highest BCUT2D eigenvalue weighted by atomic mass is 16.5. The van der Waals surface area contributed by atoms with E-state index in [4.69, 9.17) is 14.6 Å². The maximum absolute atomic E-state index is 6.10. The quantitative estimate of drug-likeness (QED) is 0.372. The summed E-state index contributed by atoms with van der Waals surface area (Å²) in [6, 6.07) is 15.8. The molecule has 1 aliphatic rings. The fourth-order valence-corrected chi connectivity index (χ4v) is 4.19. The summed E-state index contributed by atoms with van der Waals surface area (Å²) in [6.45, 7) is 2.21. The van der Waals surface area contributed by atoms with Crippen LogP contribution in [0.3, 0.4) is 0 Å². The maximum atomic E-state index is 6.10. The van der Waals surface area contributed by atoms with Gasteiger partial charge < -0.3 is 20.1 Å². The second-order valence-corrected chi connectivity index (χ2v) is 8.35. The third-order valence-electron chi connectivity index (χ3n) is 6.07. The van der Waals surface area contributed by atoms with Crippen molar-refractivity contribution in [1.82, 2.24) is 35.1 Å². The van der Waals surface area contributed by atoms with Gasteiger partial charge in [0, 0.05) is 42.0 Å². The number of ether oxygens (including phenoxy) is 2. The molecule has 1 aliphatic heterocycles. The van der Waals surface area contributed by atoms with Crippen LogP contribution >= 0.6 is 0 Å². The van der Waals surface area contributed by atoms with Gasteiger partial charge in [0.25, 0.3) is 0 Å². The number of methoxy groups -OCH3 is 1. The molecule has 1 fully saturated rings. The highest BCUT2D eigenvalue weighted by molar-refractivity contribution is 5.85. The summed E-state index contributed by atoms with van der Waals surface area (Å²) in [6.07, 6.45) is 4.64. The Morgan fingerprint density at radius 3 is 2.89 bits per heavy atom. The molecule has 0 radical (unpaired) electrons. The molecule has 4 aromatic heterocycles. The molecule has 2 N–H and O–H groups in total. The number of benzene rings is 1. The molecule has 0 amide bonds. The summed E-state index contributed by atoms with van der Waals surface area (Å²) in [5.74, 6) is 2.91. The minimum absolute atomic E-state index is 0.208. The van der Waals surface area contributed by atoms with Gasteiger partial charge in [-0.3, -0.25) is 4.98 Å². The van der Waals surface area contributed by atoms with Gasteiger partial charge in [-0.2, -0.15) is 9.61 Å². The lowest BCUT2D eigenvalue weighted by molar-refractivity contribution is 0.296. The third-order valence-corrected chi connectivity index (χ3v) is 6.07. The first-order valence-corrected chi connectivity index (χ1v) is 11.5. The molecule has 1 aromatic carbocycles. The average Bonchev–Trinajstić information content (AvgIpc) is 3.57. The topological polar surface area (TPSA) is 111 Å². The van der Waals surface area contributed by atoms with Crippen molar-refractivity contribution in [2.75, 3.05) is 25.5 Å². The molecule has 0 spiro atoms. The smallest absolute Gasteiger partial charge is 0.192 e. The van der Waals surface area contributed by atoms with Gasteiger partial charge in [0.15, 0.2) is 11.5 Å². The zero-order valence-corrected chi connectivity index (χ0v) is 19.2. The molecular weight excluding hydrogens is 444 g/mol. The lowest BCUT2D eigenvalue weighted by Gasteiger charge is -2.12. The lowest BCUT2D eigenvalue weighted by Crippen LogP contribution is -2.22. The predicted octanol–water partition coefficient (Wildman–Crippen LogP) is 3.10. The Morgan fingerprint density at radius 1 is 1.09 bits per heavy atom. The molecular formula is C25H24N8O2. The molecule has 5 aromatic rings. The number of rotatable bonds is 7. The highest BCUT2D eigenvalue weighted by Crippen LogP contribution is 2.27. The minimum atomic E-state index is 0.208. The molecule has 10 heteroatoms. The fourth-order valence-electron chi connectivity index (χ4n) is 4.19. The van der Waals surface area contributed by atoms with Crippen molar-refractivity contribution in [3.63, 3.8) is 0 Å². The van der Waals surface area contributed by atoms with E-state index in [1.54, 1.807) is 17.8 Å². The van der Waals surface area contributed by atoms with E-state index in [0.717, 1.165) is 53.2 Å². The summed E-state index contributed by atoms with van der Waals surface area (Å²) in [7, 11) is 1.63. The van der Waals surface area contributed by atoms with Crippen LogP contribution in [0, 0.1) is 0 Å². The van der Waals surface area contributed by atoms with Crippen molar-refractivity contribution in [3.05, 3.63) is 66.7 Å². The van der Waals surface area contributed by atoms with Crippen LogP contribution in [-0.4, -0.2) is 56.0 Å². The first-order valence-electron chi connectivity index (χ1n) is 11.5. The van der Waals surface area contributed by atoms with Gasteiger partial charge in [0.2, 0.25) is 0 Å². The van der Waals surface area contributed by atoms with Gasteiger partial charge in [-0.15, -0.1) is 10.2 Å². The molecule has 0 aliphatic carbocycles. The minimum Gasteiger partial charge on any atom is -0.497 e. The lowest BCUT2D eigenvalue weighted by atomic mass is 10.2. The molecule has 1 saturated heterocycles. The zero-order valence-electron chi connectivity index (χ0n) is 19.2. The van der Waals surface area contributed by atoms with Crippen molar-refractivity contribution in [2.24, 2.45) is 0 Å². The van der Waals surface area contributed by atoms with E-state index in [0.29, 0.717) is 23.3 Å². The van der Waals surface area contributed by atoms with E-state index in [9.17, 15) is 0 Å². The van der Waals surface area contributed by atoms with Crippen LogP contribution in [0.4, 0.5) is 5.82 Å². The Bertz CT molecular complexity index is 1480. The number of nitrogens with one attached hydrogen (secondary N) is 2. The van der Waals surface area contributed by atoms with Crippen LogP contribution in [0.25, 0.3) is 27.8 Å². The predicted molar refractivity (Wildman–Crippen MR) is 132 cm³/mol. The molecule has 0 saturated carbocycles. The van der Waals surface area contributed by atoms with Crippen LogP contribution < -0.4 is 20.1 Å². The normalized spacial score (nSPS) is 15.5. The van der Waals surface area contributed by atoms with Gasteiger partial charge in [-0.1, -0.05) is 0 Å². The van der Waals surface area contributed by atoms with E-state index in [-0.39, 0.29) is 6.61 Å². The van der Waals surface area contributed by atoms with Crippen molar-refractivity contribution >= 4 is 22.4 Å². The molecule has 0 bridgehead atoms. The van der Waals surface area contributed by atoms with Crippen LogP contribution in [0.1, 0.15) is 12.2 Å². The maximum Gasteiger partial charge on any atom is 0.192 e. The van der Waals surface area contributed by atoms with E-state index < -0.39 is 0 Å². The van der Waals surface area contributed by atoms with Crippen LogP contribution in [0.2, 0.25) is 0 Å². The van der Waals surface area contributed by atoms with Crippen molar-refractivity contribution in [1.29, 1.82) is 0 Å².